The van der Waals surface area contributed by atoms with E-state index in [2.05, 4.69) is 5.10 Å². The second-order valence-corrected chi connectivity index (χ2v) is 5.60. The van der Waals surface area contributed by atoms with Crippen molar-refractivity contribution in [2.75, 3.05) is 0 Å². The van der Waals surface area contributed by atoms with Gasteiger partial charge in [0.05, 0.1) is 6.54 Å². The fourth-order valence-electron chi connectivity index (χ4n) is 1.65. The van der Waals surface area contributed by atoms with Gasteiger partial charge in [0.15, 0.2) is 5.78 Å². The second-order valence-electron chi connectivity index (χ2n) is 5.60. The molecular formula is C12H15F5N2O. The minimum Gasteiger partial charge on any atom is -0.298 e. The molecule has 3 nitrogen and oxygen atoms in total. The van der Waals surface area contributed by atoms with Crippen molar-refractivity contribution in [1.82, 2.24) is 9.78 Å². The van der Waals surface area contributed by atoms with Crippen LogP contribution in [0.5, 0.6) is 0 Å². The molecular weight excluding hydrogens is 283 g/mol. The first-order valence-corrected chi connectivity index (χ1v) is 5.79. The average molecular weight is 298 g/mol. The molecule has 8 heteroatoms. The highest BCUT2D eigenvalue weighted by Crippen LogP contribution is 2.44. The summed E-state index contributed by atoms with van der Waals surface area (Å²) in [6.07, 6.45) is -5.72. The molecule has 1 aromatic heterocycles. The van der Waals surface area contributed by atoms with Crippen molar-refractivity contribution in [3.05, 3.63) is 17.5 Å². The van der Waals surface area contributed by atoms with Gasteiger partial charge in [0.2, 0.25) is 0 Å². The van der Waals surface area contributed by atoms with E-state index in [1.54, 1.807) is 20.8 Å². The van der Waals surface area contributed by atoms with E-state index in [9.17, 15) is 26.7 Å². The van der Waals surface area contributed by atoms with Gasteiger partial charge >= 0.3 is 12.1 Å². The van der Waals surface area contributed by atoms with Crippen molar-refractivity contribution in [1.29, 1.82) is 0 Å². The summed E-state index contributed by atoms with van der Waals surface area (Å²) >= 11 is 0. The quantitative estimate of drug-likeness (QED) is 0.801. The molecule has 0 aromatic carbocycles. The zero-order chi connectivity index (χ0) is 15.9. The molecule has 0 saturated carbocycles. The van der Waals surface area contributed by atoms with Crippen LogP contribution in [0.4, 0.5) is 22.0 Å². The monoisotopic (exact) mass is 298 g/mol. The summed E-state index contributed by atoms with van der Waals surface area (Å²) in [6, 6.07) is 0.705. The van der Waals surface area contributed by atoms with Gasteiger partial charge in [-0.3, -0.25) is 9.48 Å². The van der Waals surface area contributed by atoms with Gasteiger partial charge in [0.1, 0.15) is 5.69 Å². The molecule has 0 aliphatic carbocycles. The van der Waals surface area contributed by atoms with E-state index >= 15 is 0 Å². The Kier molecular flexibility index (Phi) is 4.00. The lowest BCUT2D eigenvalue weighted by Crippen LogP contribution is -2.34. The van der Waals surface area contributed by atoms with Crippen molar-refractivity contribution < 1.29 is 26.7 Å². The molecule has 0 bridgehead atoms. The molecule has 1 heterocycles. The largest absolute Gasteiger partial charge is 0.459 e. The Labute approximate surface area is 112 Å². The summed E-state index contributed by atoms with van der Waals surface area (Å²) in [6.45, 7) is 5.76. The van der Waals surface area contributed by atoms with E-state index < -0.39 is 23.2 Å². The number of hydrogen-bond donors (Lipinski definition) is 0. The smallest absolute Gasteiger partial charge is 0.298 e. The summed E-state index contributed by atoms with van der Waals surface area (Å²) in [5.74, 6) is -5.44. The van der Waals surface area contributed by atoms with E-state index in [-0.39, 0.29) is 18.0 Å². The lowest BCUT2D eigenvalue weighted by molar-refractivity contribution is -0.291. The predicted octanol–water partition coefficient (Wildman–Crippen LogP) is 3.42. The molecule has 0 N–H and O–H groups in total. The molecule has 20 heavy (non-hydrogen) atoms. The highest BCUT2D eigenvalue weighted by Gasteiger charge is 2.60. The van der Waals surface area contributed by atoms with E-state index in [1.165, 1.54) is 6.92 Å². The van der Waals surface area contributed by atoms with Gasteiger partial charge in [-0.15, -0.1) is 0 Å². The highest BCUT2D eigenvalue weighted by molar-refractivity contribution is 5.75. The Morgan fingerprint density at radius 1 is 1.20 bits per heavy atom. The Hall–Kier alpha value is -1.47. The lowest BCUT2D eigenvalue weighted by Gasteiger charge is -2.19. The maximum atomic E-state index is 13.3. The van der Waals surface area contributed by atoms with E-state index in [1.807, 2.05) is 0 Å². The van der Waals surface area contributed by atoms with Crippen molar-refractivity contribution in [3.63, 3.8) is 0 Å². The minimum atomic E-state index is -5.72. The SMILES string of the molecule is CC(=O)Cn1nc(C(F)(F)C(F)(F)F)cc1C(C)(C)C. The highest BCUT2D eigenvalue weighted by atomic mass is 19.4. The van der Waals surface area contributed by atoms with Crippen LogP contribution in [-0.4, -0.2) is 21.7 Å². The van der Waals surface area contributed by atoms with Crippen LogP contribution in [-0.2, 0) is 22.7 Å². The number of Topliss-reactive ketones (excluding diaryl/α,β-unsaturated/α-hetero) is 1. The lowest BCUT2D eigenvalue weighted by atomic mass is 9.91. The molecule has 0 radical (unpaired) electrons. The van der Waals surface area contributed by atoms with Crippen LogP contribution in [0.15, 0.2) is 6.07 Å². The van der Waals surface area contributed by atoms with Gasteiger partial charge in [0, 0.05) is 11.1 Å². The van der Waals surface area contributed by atoms with Gasteiger partial charge in [-0.1, -0.05) is 20.8 Å². The van der Waals surface area contributed by atoms with Gasteiger partial charge in [0.25, 0.3) is 0 Å². The van der Waals surface area contributed by atoms with Gasteiger partial charge < -0.3 is 0 Å². The first-order chi connectivity index (χ1) is 8.76. The minimum absolute atomic E-state index is 0.145. The molecule has 0 amide bonds. The zero-order valence-corrected chi connectivity index (χ0v) is 11.5. The van der Waals surface area contributed by atoms with E-state index in [0.29, 0.717) is 6.07 Å². The van der Waals surface area contributed by atoms with Crippen molar-refractivity contribution in [3.8, 4) is 0 Å². The first-order valence-electron chi connectivity index (χ1n) is 5.79. The molecule has 0 spiro atoms. The van der Waals surface area contributed by atoms with Crippen molar-refractivity contribution in [2.45, 2.75) is 51.8 Å². The molecule has 1 aromatic rings. The summed E-state index contributed by atoms with van der Waals surface area (Å²) in [5.41, 5.74) is -1.97. The van der Waals surface area contributed by atoms with Crippen LogP contribution >= 0.6 is 0 Å². The van der Waals surface area contributed by atoms with Crippen LogP contribution in [0, 0.1) is 0 Å². The number of carbonyl (C=O) groups is 1. The van der Waals surface area contributed by atoms with Crippen LogP contribution in [0.3, 0.4) is 0 Å². The average Bonchev–Trinajstić information content (AvgIpc) is 2.58. The van der Waals surface area contributed by atoms with E-state index in [4.69, 9.17) is 0 Å². The number of carbonyl (C=O) groups excluding carboxylic acids is 1. The molecule has 0 fully saturated rings. The Morgan fingerprint density at radius 3 is 2.05 bits per heavy atom. The number of nitrogens with zero attached hydrogens (tertiary/aromatic N) is 2. The summed E-state index contributed by atoms with van der Waals surface area (Å²) in [7, 11) is 0. The fourth-order valence-corrected chi connectivity index (χ4v) is 1.65. The molecule has 114 valence electrons. The first kappa shape index (κ1) is 16.6. The molecule has 0 unspecified atom stereocenters. The van der Waals surface area contributed by atoms with Crippen LogP contribution in [0.1, 0.15) is 39.1 Å². The van der Waals surface area contributed by atoms with Crippen LogP contribution in [0.25, 0.3) is 0 Å². The molecule has 0 aliphatic rings. The number of halogens is 5. The second kappa shape index (κ2) is 4.82. The number of alkyl halides is 5. The third-order valence-corrected chi connectivity index (χ3v) is 2.60. The normalized spacial score (nSPS) is 13.7. The van der Waals surface area contributed by atoms with Crippen LogP contribution < -0.4 is 0 Å². The summed E-state index contributed by atoms with van der Waals surface area (Å²) < 4.78 is 64.6. The standard InChI is InChI=1S/C12H15F5N2O/c1-7(20)6-19-9(10(2,3)4)5-8(18-19)11(13,14)12(15,16)17/h5H,6H2,1-4H3. The third kappa shape index (κ3) is 3.16. The maximum Gasteiger partial charge on any atom is 0.459 e. The van der Waals surface area contributed by atoms with Gasteiger partial charge in [-0.25, -0.2) is 0 Å². The Balaban J connectivity index is 3.39. The number of aromatic nitrogens is 2. The fraction of sp³-hybridized carbons (Fsp3) is 0.667. The zero-order valence-electron chi connectivity index (χ0n) is 11.5. The number of hydrogen-bond acceptors (Lipinski definition) is 2. The molecule has 0 aliphatic heterocycles. The van der Waals surface area contributed by atoms with Gasteiger partial charge in [-0.05, 0) is 13.0 Å². The Bertz CT molecular complexity index is 511. The summed E-state index contributed by atoms with van der Waals surface area (Å²) in [4.78, 5) is 11.1. The maximum absolute atomic E-state index is 13.3. The topological polar surface area (TPSA) is 34.9 Å². The predicted molar refractivity (Wildman–Crippen MR) is 61.6 cm³/mol. The summed E-state index contributed by atoms with van der Waals surface area (Å²) in [5, 5.41) is 3.28. The third-order valence-electron chi connectivity index (χ3n) is 2.60. The van der Waals surface area contributed by atoms with Gasteiger partial charge in [-0.2, -0.15) is 27.1 Å². The number of ketones is 1. The molecule has 0 atom stereocenters. The van der Waals surface area contributed by atoms with Crippen molar-refractivity contribution >= 4 is 5.78 Å². The number of rotatable bonds is 3. The molecule has 1 rings (SSSR count). The molecule has 0 saturated heterocycles. The van der Waals surface area contributed by atoms with Crippen LogP contribution in [0.2, 0.25) is 0 Å². The van der Waals surface area contributed by atoms with E-state index in [0.717, 1.165) is 4.68 Å². The van der Waals surface area contributed by atoms with Crippen molar-refractivity contribution in [2.24, 2.45) is 0 Å². The Morgan fingerprint density at radius 2 is 1.70 bits per heavy atom.